The molecule has 1 aliphatic heterocycles. The van der Waals surface area contributed by atoms with Crippen molar-refractivity contribution < 1.29 is 24.4 Å². The number of aliphatic hydroxyl groups is 3. The Morgan fingerprint density at radius 2 is 2.21 bits per heavy atom. The highest BCUT2D eigenvalue weighted by molar-refractivity contribution is 7.98. The topological polar surface area (TPSA) is 105 Å². The van der Waals surface area contributed by atoms with Crippen molar-refractivity contribution in [2.45, 2.75) is 29.6 Å². The van der Waals surface area contributed by atoms with E-state index in [2.05, 4.69) is 4.98 Å². The summed E-state index contributed by atoms with van der Waals surface area (Å²) in [5.74, 6) is -0.732. The van der Waals surface area contributed by atoms with E-state index in [0.717, 1.165) is 22.5 Å². The van der Waals surface area contributed by atoms with Gasteiger partial charge in [-0.3, -0.25) is 4.57 Å². The van der Waals surface area contributed by atoms with Gasteiger partial charge in [-0.05, 0) is 6.26 Å². The summed E-state index contributed by atoms with van der Waals surface area (Å²) in [7, 11) is 0. The summed E-state index contributed by atoms with van der Waals surface area (Å²) in [4.78, 5) is 15.2. The third-order valence-corrected chi connectivity index (χ3v) is 3.53. The maximum absolute atomic E-state index is 13.6. The van der Waals surface area contributed by atoms with Gasteiger partial charge in [0.2, 0.25) is 0 Å². The molecule has 0 aromatic carbocycles. The molecule has 2 heterocycles. The number of aliphatic hydroxyl groups excluding tert-OH is 3. The molecule has 1 unspecified atom stereocenters. The van der Waals surface area contributed by atoms with Crippen LogP contribution in [0.2, 0.25) is 0 Å². The molecule has 1 aromatic heterocycles. The van der Waals surface area contributed by atoms with E-state index in [1.54, 1.807) is 6.26 Å². The van der Waals surface area contributed by atoms with Crippen molar-refractivity contribution in [1.82, 2.24) is 9.55 Å². The zero-order chi connectivity index (χ0) is 14.2. The molecule has 0 bridgehead atoms. The van der Waals surface area contributed by atoms with Crippen molar-refractivity contribution in [3.63, 3.8) is 0 Å². The molecule has 1 aliphatic rings. The highest BCUT2D eigenvalue weighted by Crippen LogP contribution is 2.28. The van der Waals surface area contributed by atoms with E-state index < -0.39 is 42.7 Å². The number of halogens is 1. The first-order valence-corrected chi connectivity index (χ1v) is 6.67. The van der Waals surface area contributed by atoms with Crippen molar-refractivity contribution >= 4 is 11.8 Å². The molecule has 9 heteroatoms. The van der Waals surface area contributed by atoms with Crippen LogP contribution in [0.3, 0.4) is 0 Å². The van der Waals surface area contributed by atoms with Gasteiger partial charge in [-0.15, -0.1) is 11.8 Å². The summed E-state index contributed by atoms with van der Waals surface area (Å²) in [5, 5.41) is 28.2. The average molecular weight is 292 g/mol. The predicted octanol–water partition coefficient (Wildman–Crippen LogP) is -1.28. The molecule has 1 fully saturated rings. The summed E-state index contributed by atoms with van der Waals surface area (Å²) in [6.45, 7) is -0.526. The van der Waals surface area contributed by atoms with Crippen LogP contribution < -0.4 is 5.69 Å². The van der Waals surface area contributed by atoms with Crippen LogP contribution in [-0.4, -0.2) is 56.0 Å². The van der Waals surface area contributed by atoms with Gasteiger partial charge in [0.05, 0.1) is 12.8 Å². The second kappa shape index (κ2) is 5.55. The van der Waals surface area contributed by atoms with Crippen LogP contribution in [0.4, 0.5) is 4.39 Å². The normalized spacial score (nSPS) is 30.8. The lowest BCUT2D eigenvalue weighted by Crippen LogP contribution is -2.36. The Kier molecular flexibility index (Phi) is 4.21. The number of aromatic nitrogens is 2. The smallest absolute Gasteiger partial charge is 0.351 e. The maximum atomic E-state index is 13.6. The van der Waals surface area contributed by atoms with E-state index in [0.29, 0.717) is 0 Å². The highest BCUT2D eigenvalue weighted by atomic mass is 32.2. The van der Waals surface area contributed by atoms with E-state index in [4.69, 9.17) is 9.84 Å². The summed E-state index contributed by atoms with van der Waals surface area (Å²) in [5.41, 5.74) is -0.805. The van der Waals surface area contributed by atoms with Crippen LogP contribution in [0.1, 0.15) is 6.23 Å². The molecular weight excluding hydrogens is 279 g/mol. The number of thioether (sulfide) groups is 1. The van der Waals surface area contributed by atoms with Crippen LogP contribution in [0.25, 0.3) is 0 Å². The minimum Gasteiger partial charge on any atom is -0.394 e. The molecule has 19 heavy (non-hydrogen) atoms. The number of hydrogen-bond donors (Lipinski definition) is 3. The Hall–Kier alpha value is -1.00. The zero-order valence-electron chi connectivity index (χ0n) is 9.93. The first-order chi connectivity index (χ1) is 8.99. The van der Waals surface area contributed by atoms with Gasteiger partial charge in [-0.1, -0.05) is 0 Å². The van der Waals surface area contributed by atoms with Gasteiger partial charge in [-0.2, -0.15) is 4.98 Å². The monoisotopic (exact) mass is 292 g/mol. The van der Waals surface area contributed by atoms with Crippen molar-refractivity contribution in [2.75, 3.05) is 12.9 Å². The fourth-order valence-electron chi connectivity index (χ4n) is 1.87. The van der Waals surface area contributed by atoms with Gasteiger partial charge < -0.3 is 20.1 Å². The quantitative estimate of drug-likeness (QED) is 0.470. The lowest BCUT2D eigenvalue weighted by molar-refractivity contribution is -0.0555. The van der Waals surface area contributed by atoms with Crippen LogP contribution in [-0.2, 0) is 4.74 Å². The third kappa shape index (κ3) is 2.51. The number of hydrogen-bond acceptors (Lipinski definition) is 7. The minimum atomic E-state index is -1.45. The number of rotatable bonds is 3. The second-order valence-electron chi connectivity index (χ2n) is 4.02. The fourth-order valence-corrected chi connectivity index (χ4v) is 2.28. The molecule has 2 rings (SSSR count). The van der Waals surface area contributed by atoms with E-state index in [1.165, 1.54) is 0 Å². The maximum Gasteiger partial charge on any atom is 0.351 e. The molecule has 7 nitrogen and oxygen atoms in total. The molecule has 1 aromatic rings. The Balaban J connectivity index is 2.38. The molecule has 1 saturated heterocycles. The Morgan fingerprint density at radius 1 is 1.53 bits per heavy atom. The Morgan fingerprint density at radius 3 is 2.74 bits per heavy atom. The van der Waals surface area contributed by atoms with Crippen molar-refractivity contribution in [3.8, 4) is 0 Å². The van der Waals surface area contributed by atoms with Gasteiger partial charge in [0.15, 0.2) is 12.0 Å². The van der Waals surface area contributed by atoms with Crippen LogP contribution in [0.5, 0.6) is 0 Å². The summed E-state index contributed by atoms with van der Waals surface area (Å²) >= 11 is 0.975. The molecule has 0 spiro atoms. The van der Waals surface area contributed by atoms with E-state index in [9.17, 15) is 19.4 Å². The SMILES string of the molecule is CSc1nc(=O)n(C2O[C@H](CO)[C@@H](O)[C@H]2O)cc1F. The summed E-state index contributed by atoms with van der Waals surface area (Å²) in [6.07, 6.45) is -2.68. The molecule has 0 aliphatic carbocycles. The minimum absolute atomic E-state index is 0.0620. The van der Waals surface area contributed by atoms with Gasteiger partial charge in [0.1, 0.15) is 23.3 Å². The van der Waals surface area contributed by atoms with E-state index in [-0.39, 0.29) is 5.03 Å². The van der Waals surface area contributed by atoms with E-state index in [1.807, 2.05) is 0 Å². The molecule has 0 radical (unpaired) electrons. The zero-order valence-corrected chi connectivity index (χ0v) is 10.7. The predicted molar refractivity (Wildman–Crippen MR) is 63.2 cm³/mol. The molecule has 3 N–H and O–H groups in total. The highest BCUT2D eigenvalue weighted by Gasteiger charge is 2.43. The number of ether oxygens (including phenoxy) is 1. The van der Waals surface area contributed by atoms with Crippen molar-refractivity contribution in [2.24, 2.45) is 0 Å². The molecule has 4 atom stereocenters. The van der Waals surface area contributed by atoms with Crippen molar-refractivity contribution in [1.29, 1.82) is 0 Å². The molecule has 0 saturated carbocycles. The Bertz CT molecular complexity index is 525. The summed E-state index contributed by atoms with van der Waals surface area (Å²) in [6, 6.07) is 0. The van der Waals surface area contributed by atoms with Crippen LogP contribution >= 0.6 is 11.8 Å². The lowest BCUT2D eigenvalue weighted by atomic mass is 10.1. The van der Waals surface area contributed by atoms with E-state index >= 15 is 0 Å². The van der Waals surface area contributed by atoms with Gasteiger partial charge in [-0.25, -0.2) is 9.18 Å². The van der Waals surface area contributed by atoms with Gasteiger partial charge >= 0.3 is 5.69 Å². The fraction of sp³-hybridized carbons (Fsp3) is 0.600. The van der Waals surface area contributed by atoms with Gasteiger partial charge in [0, 0.05) is 0 Å². The molecular formula is C10H13FN2O5S. The first-order valence-electron chi connectivity index (χ1n) is 5.44. The molecule has 0 amide bonds. The second-order valence-corrected chi connectivity index (χ2v) is 4.81. The number of nitrogens with zero attached hydrogens (tertiary/aromatic N) is 2. The van der Waals surface area contributed by atoms with Crippen LogP contribution in [0.15, 0.2) is 16.0 Å². The molecule has 106 valence electrons. The summed E-state index contributed by atoms with van der Waals surface area (Å²) < 4.78 is 19.5. The van der Waals surface area contributed by atoms with Crippen molar-refractivity contribution in [3.05, 3.63) is 22.5 Å². The average Bonchev–Trinajstić information content (AvgIpc) is 2.68. The van der Waals surface area contributed by atoms with Crippen LogP contribution in [0, 0.1) is 5.82 Å². The largest absolute Gasteiger partial charge is 0.394 e. The van der Waals surface area contributed by atoms with Gasteiger partial charge in [0.25, 0.3) is 0 Å². The Labute approximate surface area is 111 Å². The standard InChI is InChI=1S/C10H13FN2O5S/c1-19-8-4(11)2-13(10(17)12-8)9-7(16)6(15)5(3-14)18-9/h2,5-7,9,14-16H,3H2,1H3/t5-,6-,7-,9?/m1/s1. The third-order valence-electron chi connectivity index (χ3n) is 2.86. The lowest BCUT2D eigenvalue weighted by Gasteiger charge is -2.17. The first kappa shape index (κ1) is 14.4.